The number of aryl methyl sites for hydroxylation is 2. The van der Waals surface area contributed by atoms with Crippen molar-refractivity contribution in [3.63, 3.8) is 0 Å². The summed E-state index contributed by atoms with van der Waals surface area (Å²) in [6.45, 7) is 3.80. The van der Waals surface area contributed by atoms with Crippen LogP contribution in [-0.4, -0.2) is 25.3 Å². The maximum Gasteiger partial charge on any atom is 0.416 e. The summed E-state index contributed by atoms with van der Waals surface area (Å²) in [4.78, 5) is 7.94. The van der Waals surface area contributed by atoms with Gasteiger partial charge in [0.25, 0.3) is 0 Å². The Kier molecular flexibility index (Phi) is 5.00. The number of aromatic amines is 1. The van der Waals surface area contributed by atoms with Crippen molar-refractivity contribution in [1.82, 2.24) is 20.2 Å². The number of halogens is 3. The van der Waals surface area contributed by atoms with Crippen LogP contribution in [0.25, 0.3) is 33.9 Å². The number of aromatic hydroxyl groups is 1. The number of phenols is 1. The Morgan fingerprint density at radius 2 is 1.74 bits per heavy atom. The van der Waals surface area contributed by atoms with Crippen molar-refractivity contribution in [2.24, 2.45) is 0 Å². The van der Waals surface area contributed by atoms with Crippen LogP contribution >= 0.6 is 0 Å². The number of imidazole rings is 1. The van der Waals surface area contributed by atoms with Gasteiger partial charge in [-0.3, -0.25) is 0 Å². The quantitative estimate of drug-likeness (QED) is 0.285. The zero-order valence-corrected chi connectivity index (χ0v) is 18.0. The molecule has 0 bridgehead atoms. The number of benzene rings is 3. The van der Waals surface area contributed by atoms with Crippen molar-refractivity contribution in [2.45, 2.75) is 20.0 Å². The van der Waals surface area contributed by atoms with E-state index in [1.54, 1.807) is 30.3 Å². The van der Waals surface area contributed by atoms with E-state index >= 15 is 0 Å². The van der Waals surface area contributed by atoms with Gasteiger partial charge in [0.2, 0.25) is 5.89 Å². The van der Waals surface area contributed by atoms with Crippen LogP contribution in [0.5, 0.6) is 5.75 Å². The topological polar surface area (TPSA) is 99.9 Å². The second kappa shape index (κ2) is 7.91. The average molecular weight is 465 g/mol. The second-order valence-electron chi connectivity index (χ2n) is 7.89. The highest BCUT2D eigenvalue weighted by molar-refractivity contribution is 5.84. The highest BCUT2D eigenvalue weighted by Gasteiger charge is 2.30. The van der Waals surface area contributed by atoms with E-state index in [9.17, 15) is 18.3 Å². The monoisotopic (exact) mass is 465 g/mol. The van der Waals surface area contributed by atoms with Gasteiger partial charge in [-0.2, -0.15) is 13.2 Å². The first kappa shape index (κ1) is 21.5. The number of anilines is 2. The Bertz CT molecular complexity index is 1500. The van der Waals surface area contributed by atoms with E-state index in [0.29, 0.717) is 11.4 Å². The van der Waals surface area contributed by atoms with Gasteiger partial charge in [-0.05, 0) is 73.5 Å². The summed E-state index contributed by atoms with van der Waals surface area (Å²) in [5.41, 5.74) is 4.16. The number of H-pyrrole nitrogens is 1. The Balaban J connectivity index is 1.43. The molecular weight excluding hydrogens is 447 g/mol. The molecule has 0 saturated carbocycles. The molecule has 0 fully saturated rings. The number of phenolic OH excluding ortho intramolecular Hbond substituents is 1. The summed E-state index contributed by atoms with van der Waals surface area (Å²) in [5.74, 6) is 1.06. The van der Waals surface area contributed by atoms with E-state index in [-0.39, 0.29) is 23.3 Å². The van der Waals surface area contributed by atoms with Gasteiger partial charge in [0.1, 0.15) is 11.6 Å². The molecule has 172 valence electrons. The Labute approximate surface area is 191 Å². The smallest absolute Gasteiger partial charge is 0.416 e. The van der Waals surface area contributed by atoms with Gasteiger partial charge in [-0.15, -0.1) is 5.10 Å². The highest BCUT2D eigenvalue weighted by atomic mass is 19.4. The van der Waals surface area contributed by atoms with Crippen LogP contribution in [0, 0.1) is 13.8 Å². The first-order valence-corrected chi connectivity index (χ1v) is 10.3. The molecule has 3 aromatic carbocycles. The molecule has 7 nitrogen and oxygen atoms in total. The predicted octanol–water partition coefficient (Wildman–Crippen LogP) is 6.36. The van der Waals surface area contributed by atoms with E-state index in [1.165, 1.54) is 12.1 Å². The normalized spacial score (nSPS) is 11.8. The van der Waals surface area contributed by atoms with Crippen molar-refractivity contribution in [3.05, 3.63) is 71.3 Å². The predicted molar refractivity (Wildman–Crippen MR) is 121 cm³/mol. The molecule has 10 heteroatoms. The van der Waals surface area contributed by atoms with E-state index in [0.717, 1.165) is 39.9 Å². The molecule has 0 amide bonds. The van der Waals surface area contributed by atoms with E-state index in [2.05, 4.69) is 25.5 Å². The Morgan fingerprint density at radius 3 is 2.47 bits per heavy atom. The van der Waals surface area contributed by atoms with Crippen LogP contribution in [0.4, 0.5) is 24.9 Å². The van der Waals surface area contributed by atoms with E-state index < -0.39 is 11.7 Å². The van der Waals surface area contributed by atoms with Crippen LogP contribution in [0.3, 0.4) is 0 Å². The van der Waals surface area contributed by atoms with Gasteiger partial charge in [0, 0.05) is 16.8 Å². The first-order chi connectivity index (χ1) is 16.2. The molecule has 0 saturated heterocycles. The SMILES string of the molecule is Cc1cc(O)cc(C)c1-c1nc2ccc(-c3nnc(Nc4cccc(C(F)(F)F)c4)o3)cc2[nH]1. The molecule has 3 N–H and O–H groups in total. The van der Waals surface area contributed by atoms with Gasteiger partial charge >= 0.3 is 12.2 Å². The lowest BCUT2D eigenvalue weighted by atomic mass is 10.0. The largest absolute Gasteiger partial charge is 0.508 e. The van der Waals surface area contributed by atoms with Gasteiger partial charge in [-0.25, -0.2) is 4.98 Å². The molecular formula is C24H18F3N5O2. The minimum absolute atomic E-state index is 0.0323. The molecule has 0 atom stereocenters. The second-order valence-corrected chi connectivity index (χ2v) is 7.89. The zero-order valence-electron chi connectivity index (χ0n) is 18.0. The molecule has 0 spiro atoms. The van der Waals surface area contributed by atoms with Crippen molar-refractivity contribution < 1.29 is 22.7 Å². The number of hydrogen-bond donors (Lipinski definition) is 3. The number of fused-ring (bicyclic) bond motifs is 1. The molecule has 2 aromatic heterocycles. The van der Waals surface area contributed by atoms with E-state index in [1.807, 2.05) is 13.8 Å². The molecule has 5 aromatic rings. The molecule has 0 unspecified atom stereocenters. The lowest BCUT2D eigenvalue weighted by molar-refractivity contribution is -0.137. The maximum atomic E-state index is 12.9. The number of hydrogen-bond acceptors (Lipinski definition) is 6. The van der Waals surface area contributed by atoms with Crippen LogP contribution in [0.15, 0.2) is 59.0 Å². The lowest BCUT2D eigenvalue weighted by Crippen LogP contribution is -2.05. The van der Waals surface area contributed by atoms with Crippen LogP contribution < -0.4 is 5.32 Å². The summed E-state index contributed by atoms with van der Waals surface area (Å²) in [6, 6.07) is 13.4. The molecule has 34 heavy (non-hydrogen) atoms. The molecule has 0 aliphatic carbocycles. The molecule has 0 aliphatic heterocycles. The Hall–Kier alpha value is -4.34. The van der Waals surface area contributed by atoms with Crippen molar-refractivity contribution in [1.29, 1.82) is 0 Å². The fourth-order valence-electron chi connectivity index (χ4n) is 3.86. The number of aromatic nitrogens is 4. The highest BCUT2D eigenvalue weighted by Crippen LogP contribution is 2.33. The maximum absolute atomic E-state index is 12.9. The fourth-order valence-corrected chi connectivity index (χ4v) is 3.86. The summed E-state index contributed by atoms with van der Waals surface area (Å²) in [5, 5.41) is 20.4. The Morgan fingerprint density at radius 1 is 0.971 bits per heavy atom. The summed E-state index contributed by atoms with van der Waals surface area (Å²) in [7, 11) is 0. The minimum Gasteiger partial charge on any atom is -0.508 e. The molecule has 5 rings (SSSR count). The lowest BCUT2D eigenvalue weighted by Gasteiger charge is -2.08. The van der Waals surface area contributed by atoms with Gasteiger partial charge in [-0.1, -0.05) is 11.2 Å². The summed E-state index contributed by atoms with van der Waals surface area (Å²) < 4.78 is 44.4. The van der Waals surface area contributed by atoms with Crippen molar-refractivity contribution in [3.8, 4) is 28.6 Å². The minimum atomic E-state index is -4.45. The van der Waals surface area contributed by atoms with Crippen molar-refractivity contribution >= 4 is 22.7 Å². The third-order valence-electron chi connectivity index (χ3n) is 5.35. The molecule has 2 heterocycles. The third-order valence-corrected chi connectivity index (χ3v) is 5.35. The summed E-state index contributed by atoms with van der Waals surface area (Å²) >= 11 is 0. The zero-order chi connectivity index (χ0) is 24.0. The molecule has 0 aliphatic rings. The van der Waals surface area contributed by atoms with Crippen LogP contribution in [-0.2, 0) is 6.18 Å². The number of nitrogens with zero attached hydrogens (tertiary/aromatic N) is 3. The number of nitrogens with one attached hydrogen (secondary N) is 2. The van der Waals surface area contributed by atoms with E-state index in [4.69, 9.17) is 4.42 Å². The first-order valence-electron chi connectivity index (χ1n) is 10.3. The third kappa shape index (κ3) is 4.05. The average Bonchev–Trinajstić information content (AvgIpc) is 3.39. The number of rotatable bonds is 4. The molecule has 0 radical (unpaired) electrons. The van der Waals surface area contributed by atoms with Gasteiger partial charge < -0.3 is 19.8 Å². The van der Waals surface area contributed by atoms with Crippen molar-refractivity contribution in [2.75, 3.05) is 5.32 Å². The fraction of sp³-hybridized carbons (Fsp3) is 0.125. The summed E-state index contributed by atoms with van der Waals surface area (Å²) in [6.07, 6.45) is -4.45. The van der Waals surface area contributed by atoms with Gasteiger partial charge in [0.15, 0.2) is 0 Å². The standard InChI is InChI=1S/C24H18F3N5O2/c1-12-8-17(33)9-13(2)20(12)21-29-18-7-6-14(10-19(18)30-21)22-31-32-23(34-22)28-16-5-3-4-15(11-16)24(25,26)27/h3-11,33H,1-2H3,(H,28,32)(H,29,30). The van der Waals surface area contributed by atoms with Crippen LogP contribution in [0.1, 0.15) is 16.7 Å². The van der Waals surface area contributed by atoms with Gasteiger partial charge in [0.05, 0.1) is 16.6 Å². The number of alkyl halides is 3. The van der Waals surface area contributed by atoms with Crippen LogP contribution in [0.2, 0.25) is 0 Å².